The molecule has 3 fully saturated rings. The minimum absolute atomic E-state index is 0.250. The highest BCUT2D eigenvalue weighted by molar-refractivity contribution is 6.10. The van der Waals surface area contributed by atoms with E-state index in [4.69, 9.17) is 0 Å². The Morgan fingerprint density at radius 3 is 2.21 bits per heavy atom. The molecule has 0 radical (unpaired) electrons. The fourth-order valence-corrected chi connectivity index (χ4v) is 4.74. The van der Waals surface area contributed by atoms with Gasteiger partial charge in [0, 0.05) is 24.5 Å². The second kappa shape index (κ2) is 8.43. The summed E-state index contributed by atoms with van der Waals surface area (Å²) >= 11 is 0. The van der Waals surface area contributed by atoms with E-state index in [1.165, 1.54) is 31.4 Å². The van der Waals surface area contributed by atoms with E-state index in [-0.39, 0.29) is 18.4 Å². The SMILES string of the molecule is O=C(CN1C(=O)NC2(CCCCC2)C1=O)Nc1ccc(N2CCCCCC2)cc1. The van der Waals surface area contributed by atoms with Gasteiger partial charge in [-0.25, -0.2) is 4.79 Å². The summed E-state index contributed by atoms with van der Waals surface area (Å²) in [5.41, 5.74) is 1.05. The molecule has 7 nitrogen and oxygen atoms in total. The van der Waals surface area contributed by atoms with Crippen LogP contribution < -0.4 is 15.5 Å². The fourth-order valence-electron chi connectivity index (χ4n) is 4.74. The van der Waals surface area contributed by atoms with Crippen LogP contribution in [-0.2, 0) is 9.59 Å². The first-order valence-electron chi connectivity index (χ1n) is 10.9. The van der Waals surface area contributed by atoms with Gasteiger partial charge < -0.3 is 15.5 Å². The van der Waals surface area contributed by atoms with Crippen LogP contribution in [0.15, 0.2) is 24.3 Å². The minimum Gasteiger partial charge on any atom is -0.372 e. The van der Waals surface area contributed by atoms with E-state index in [9.17, 15) is 14.4 Å². The molecule has 1 aromatic carbocycles. The van der Waals surface area contributed by atoms with E-state index in [0.29, 0.717) is 18.5 Å². The molecule has 2 N–H and O–H groups in total. The van der Waals surface area contributed by atoms with Crippen molar-refractivity contribution >= 4 is 29.2 Å². The van der Waals surface area contributed by atoms with Gasteiger partial charge in [-0.1, -0.05) is 32.1 Å². The van der Waals surface area contributed by atoms with E-state index in [2.05, 4.69) is 15.5 Å². The highest BCUT2D eigenvalue weighted by Crippen LogP contribution is 2.33. The number of nitrogens with one attached hydrogen (secondary N) is 2. The molecule has 3 aliphatic rings. The topological polar surface area (TPSA) is 81.8 Å². The molecule has 0 unspecified atom stereocenters. The number of carbonyl (C=O) groups excluding carboxylic acids is 3. The van der Waals surface area contributed by atoms with Gasteiger partial charge in [0.05, 0.1) is 0 Å². The third-order valence-electron chi connectivity index (χ3n) is 6.38. The maximum atomic E-state index is 12.8. The molecular formula is C22H30N4O3. The van der Waals surface area contributed by atoms with Crippen LogP contribution in [0.4, 0.5) is 16.2 Å². The Morgan fingerprint density at radius 2 is 1.55 bits per heavy atom. The lowest BCUT2D eigenvalue weighted by Gasteiger charge is -2.30. The Bertz CT molecular complexity index is 763. The van der Waals surface area contributed by atoms with Crippen molar-refractivity contribution in [1.82, 2.24) is 10.2 Å². The monoisotopic (exact) mass is 398 g/mol. The Hall–Kier alpha value is -2.57. The summed E-state index contributed by atoms with van der Waals surface area (Å²) in [6.45, 7) is 1.89. The van der Waals surface area contributed by atoms with Crippen LogP contribution in [0.3, 0.4) is 0 Å². The Kier molecular flexibility index (Phi) is 5.74. The molecule has 1 spiro atoms. The lowest BCUT2D eigenvalue weighted by Crippen LogP contribution is -2.48. The van der Waals surface area contributed by atoms with Crippen LogP contribution in [0.25, 0.3) is 0 Å². The van der Waals surface area contributed by atoms with Crippen LogP contribution in [0, 0.1) is 0 Å². The number of urea groups is 1. The molecule has 2 heterocycles. The molecule has 1 aromatic rings. The summed E-state index contributed by atoms with van der Waals surface area (Å²) in [5.74, 6) is -0.613. The normalized spacial score (nSPS) is 21.8. The van der Waals surface area contributed by atoms with Gasteiger partial charge in [0.25, 0.3) is 5.91 Å². The van der Waals surface area contributed by atoms with Gasteiger partial charge in [0.15, 0.2) is 0 Å². The van der Waals surface area contributed by atoms with Crippen LogP contribution in [0.2, 0.25) is 0 Å². The van der Waals surface area contributed by atoms with Gasteiger partial charge >= 0.3 is 6.03 Å². The number of anilines is 2. The van der Waals surface area contributed by atoms with Crippen molar-refractivity contribution in [2.75, 3.05) is 29.9 Å². The van der Waals surface area contributed by atoms with Crippen LogP contribution in [0.1, 0.15) is 57.8 Å². The summed E-state index contributed by atoms with van der Waals surface area (Å²) in [5, 5.41) is 5.65. The van der Waals surface area contributed by atoms with Crippen molar-refractivity contribution in [2.45, 2.75) is 63.3 Å². The van der Waals surface area contributed by atoms with Crippen molar-refractivity contribution < 1.29 is 14.4 Å². The summed E-state index contributed by atoms with van der Waals surface area (Å²) in [6.07, 6.45) is 9.26. The van der Waals surface area contributed by atoms with E-state index >= 15 is 0 Å². The van der Waals surface area contributed by atoms with Gasteiger partial charge in [0.1, 0.15) is 12.1 Å². The average Bonchev–Trinajstić information content (AvgIpc) is 2.93. The molecule has 156 valence electrons. The summed E-state index contributed by atoms with van der Waals surface area (Å²) < 4.78 is 0. The maximum Gasteiger partial charge on any atom is 0.325 e. The van der Waals surface area contributed by atoms with E-state index in [0.717, 1.165) is 37.3 Å². The number of hydrogen-bond acceptors (Lipinski definition) is 4. The average molecular weight is 399 g/mol. The molecule has 0 atom stereocenters. The van der Waals surface area contributed by atoms with Crippen molar-refractivity contribution in [3.05, 3.63) is 24.3 Å². The minimum atomic E-state index is -0.787. The van der Waals surface area contributed by atoms with Gasteiger partial charge in [-0.2, -0.15) is 0 Å². The molecule has 4 amide bonds. The first-order valence-corrected chi connectivity index (χ1v) is 10.9. The number of rotatable bonds is 4. The third kappa shape index (κ3) is 4.23. The smallest absolute Gasteiger partial charge is 0.325 e. The predicted molar refractivity (Wildman–Crippen MR) is 112 cm³/mol. The molecule has 4 rings (SSSR count). The van der Waals surface area contributed by atoms with Gasteiger partial charge in [0.2, 0.25) is 5.91 Å². The number of benzene rings is 1. The Morgan fingerprint density at radius 1 is 0.931 bits per heavy atom. The molecule has 2 aliphatic heterocycles. The highest BCUT2D eigenvalue weighted by atomic mass is 16.2. The van der Waals surface area contributed by atoms with Gasteiger partial charge in [-0.15, -0.1) is 0 Å². The predicted octanol–water partition coefficient (Wildman–Crippen LogP) is 3.26. The number of nitrogens with zero attached hydrogens (tertiary/aromatic N) is 2. The van der Waals surface area contributed by atoms with Crippen molar-refractivity contribution in [1.29, 1.82) is 0 Å². The number of hydrogen-bond donors (Lipinski definition) is 2. The zero-order valence-corrected chi connectivity index (χ0v) is 16.9. The van der Waals surface area contributed by atoms with E-state index < -0.39 is 11.6 Å². The first kappa shape index (κ1) is 19.7. The molecule has 2 saturated heterocycles. The first-order chi connectivity index (χ1) is 14.1. The Balaban J connectivity index is 1.34. The third-order valence-corrected chi connectivity index (χ3v) is 6.38. The molecular weight excluding hydrogens is 368 g/mol. The molecule has 1 aliphatic carbocycles. The van der Waals surface area contributed by atoms with Crippen molar-refractivity contribution in [3.8, 4) is 0 Å². The molecule has 7 heteroatoms. The second-order valence-electron chi connectivity index (χ2n) is 8.46. The summed E-state index contributed by atoms with van der Waals surface area (Å²) in [4.78, 5) is 41.0. The number of amides is 4. The lowest BCUT2D eigenvalue weighted by atomic mass is 9.82. The van der Waals surface area contributed by atoms with E-state index in [1.807, 2.05) is 24.3 Å². The fraction of sp³-hybridized carbons (Fsp3) is 0.591. The lowest BCUT2D eigenvalue weighted by molar-refractivity contribution is -0.134. The summed E-state index contributed by atoms with van der Waals surface area (Å²) in [7, 11) is 0. The zero-order chi connectivity index (χ0) is 20.3. The standard InChI is InChI=1S/C22H30N4O3/c27-19(16-26-20(28)22(24-21(26)29)12-4-3-5-13-22)23-17-8-10-18(11-9-17)25-14-6-1-2-7-15-25/h8-11H,1-7,12-16H2,(H,23,27)(H,24,29). The Labute approximate surface area is 171 Å². The van der Waals surface area contributed by atoms with Crippen LogP contribution in [0.5, 0.6) is 0 Å². The highest BCUT2D eigenvalue weighted by Gasteiger charge is 2.51. The zero-order valence-electron chi connectivity index (χ0n) is 16.9. The maximum absolute atomic E-state index is 12.8. The quantitative estimate of drug-likeness (QED) is 0.763. The second-order valence-corrected chi connectivity index (χ2v) is 8.46. The number of carbonyl (C=O) groups is 3. The molecule has 29 heavy (non-hydrogen) atoms. The molecule has 0 aromatic heterocycles. The van der Waals surface area contributed by atoms with E-state index in [1.54, 1.807) is 0 Å². The van der Waals surface area contributed by atoms with Crippen molar-refractivity contribution in [3.63, 3.8) is 0 Å². The van der Waals surface area contributed by atoms with Gasteiger partial charge in [-0.05, 0) is 49.9 Å². The van der Waals surface area contributed by atoms with Gasteiger partial charge in [-0.3, -0.25) is 14.5 Å². The van der Waals surface area contributed by atoms with Crippen molar-refractivity contribution in [2.24, 2.45) is 0 Å². The van der Waals surface area contributed by atoms with Crippen LogP contribution in [-0.4, -0.2) is 47.9 Å². The largest absolute Gasteiger partial charge is 0.372 e. The summed E-state index contributed by atoms with van der Waals surface area (Å²) in [6, 6.07) is 7.35. The molecule has 1 saturated carbocycles. The van der Waals surface area contributed by atoms with Crippen LogP contribution >= 0.6 is 0 Å². The molecule has 0 bridgehead atoms. The number of imide groups is 1.